The predicted octanol–water partition coefficient (Wildman–Crippen LogP) is 3.02. The molecule has 0 aromatic carbocycles. The molecule has 2 rings (SSSR count). The number of nitrogens with one attached hydrogen (secondary N) is 1. The number of aromatic nitrogens is 2. The second-order valence-corrected chi connectivity index (χ2v) is 6.56. The zero-order chi connectivity index (χ0) is 13.2. The summed E-state index contributed by atoms with van der Waals surface area (Å²) in [4.78, 5) is 19.7. The normalized spacial score (nSPS) is 16.2. The van der Waals surface area contributed by atoms with Gasteiger partial charge < -0.3 is 4.98 Å². The molecular formula is C15H24N2O. The van der Waals surface area contributed by atoms with Crippen molar-refractivity contribution in [2.24, 2.45) is 5.41 Å². The molecule has 0 spiro atoms. The van der Waals surface area contributed by atoms with Crippen molar-refractivity contribution >= 4 is 0 Å². The van der Waals surface area contributed by atoms with Gasteiger partial charge in [-0.3, -0.25) is 4.79 Å². The highest BCUT2D eigenvalue weighted by molar-refractivity contribution is 5.19. The fourth-order valence-corrected chi connectivity index (χ4v) is 2.44. The highest BCUT2D eigenvalue weighted by Crippen LogP contribution is 2.21. The van der Waals surface area contributed by atoms with Crippen molar-refractivity contribution in [3.8, 4) is 0 Å². The lowest BCUT2D eigenvalue weighted by Gasteiger charge is -2.17. The number of hydrogen-bond donors (Lipinski definition) is 1. The molecule has 3 nitrogen and oxygen atoms in total. The summed E-state index contributed by atoms with van der Waals surface area (Å²) >= 11 is 0. The molecule has 0 amide bonds. The molecule has 0 saturated carbocycles. The predicted molar refractivity (Wildman–Crippen MR) is 73.9 cm³/mol. The first-order valence-corrected chi connectivity index (χ1v) is 7.07. The average molecular weight is 248 g/mol. The number of fused-ring (bicyclic) bond motifs is 1. The Hall–Kier alpha value is -1.12. The summed E-state index contributed by atoms with van der Waals surface area (Å²) in [5, 5.41) is 0. The van der Waals surface area contributed by atoms with Crippen molar-refractivity contribution in [3.05, 3.63) is 27.4 Å². The van der Waals surface area contributed by atoms with E-state index in [1.165, 1.54) is 12.8 Å². The lowest BCUT2D eigenvalue weighted by molar-refractivity contribution is 0.374. The topological polar surface area (TPSA) is 45.8 Å². The molecule has 0 saturated heterocycles. The van der Waals surface area contributed by atoms with Crippen LogP contribution in [-0.2, 0) is 19.3 Å². The number of nitrogens with zero attached hydrogens (tertiary/aromatic N) is 1. The first kappa shape index (κ1) is 13.3. The van der Waals surface area contributed by atoms with Crippen LogP contribution >= 0.6 is 0 Å². The summed E-state index contributed by atoms with van der Waals surface area (Å²) in [5.74, 6) is 0.871. The summed E-state index contributed by atoms with van der Waals surface area (Å²) in [5.41, 5.74) is 2.38. The van der Waals surface area contributed by atoms with E-state index in [2.05, 4.69) is 30.7 Å². The first-order valence-electron chi connectivity index (χ1n) is 7.07. The second kappa shape index (κ2) is 5.25. The van der Waals surface area contributed by atoms with Gasteiger partial charge in [0.15, 0.2) is 0 Å². The van der Waals surface area contributed by atoms with Gasteiger partial charge in [-0.05, 0) is 37.5 Å². The molecule has 0 atom stereocenters. The third-order valence-electron chi connectivity index (χ3n) is 3.60. The summed E-state index contributed by atoms with van der Waals surface area (Å²) in [6, 6.07) is 0. The van der Waals surface area contributed by atoms with Gasteiger partial charge in [0.05, 0.1) is 5.69 Å². The van der Waals surface area contributed by atoms with E-state index in [0.717, 1.165) is 49.2 Å². The fourth-order valence-electron chi connectivity index (χ4n) is 2.44. The lowest BCUT2D eigenvalue weighted by Crippen LogP contribution is -2.20. The van der Waals surface area contributed by atoms with Gasteiger partial charge >= 0.3 is 0 Å². The Morgan fingerprint density at radius 3 is 2.61 bits per heavy atom. The van der Waals surface area contributed by atoms with Crippen molar-refractivity contribution < 1.29 is 0 Å². The number of hydrogen-bond acceptors (Lipinski definition) is 2. The summed E-state index contributed by atoms with van der Waals surface area (Å²) < 4.78 is 0. The zero-order valence-corrected chi connectivity index (χ0v) is 11.8. The Morgan fingerprint density at radius 2 is 1.89 bits per heavy atom. The molecule has 0 fully saturated rings. The van der Waals surface area contributed by atoms with E-state index in [9.17, 15) is 4.79 Å². The Labute approximate surface area is 109 Å². The number of H-pyrrole nitrogens is 1. The SMILES string of the molecule is CC(C)(C)CCc1nc2c(c(=O)[nH]1)CCCCC2. The van der Waals surface area contributed by atoms with E-state index < -0.39 is 0 Å². The first-order chi connectivity index (χ1) is 8.46. The Bertz CT molecular complexity index is 468. The van der Waals surface area contributed by atoms with E-state index in [0.29, 0.717) is 0 Å². The van der Waals surface area contributed by atoms with Crippen molar-refractivity contribution in [3.63, 3.8) is 0 Å². The van der Waals surface area contributed by atoms with Gasteiger partial charge in [-0.2, -0.15) is 0 Å². The van der Waals surface area contributed by atoms with Crippen molar-refractivity contribution in [2.75, 3.05) is 0 Å². The van der Waals surface area contributed by atoms with Crippen LogP contribution in [0.4, 0.5) is 0 Å². The molecule has 1 aliphatic carbocycles. The Kier molecular flexibility index (Phi) is 3.88. The maximum absolute atomic E-state index is 12.1. The molecule has 1 N–H and O–H groups in total. The van der Waals surface area contributed by atoms with Crippen LogP contribution in [-0.4, -0.2) is 9.97 Å². The van der Waals surface area contributed by atoms with Gasteiger partial charge in [0.1, 0.15) is 5.82 Å². The van der Waals surface area contributed by atoms with Crippen LogP contribution in [0, 0.1) is 5.41 Å². The maximum Gasteiger partial charge on any atom is 0.254 e. The average Bonchev–Trinajstić information content (AvgIpc) is 2.51. The van der Waals surface area contributed by atoms with Gasteiger partial charge in [-0.15, -0.1) is 0 Å². The molecule has 0 bridgehead atoms. The number of aryl methyl sites for hydroxylation is 2. The minimum Gasteiger partial charge on any atom is -0.310 e. The van der Waals surface area contributed by atoms with Crippen LogP contribution in [0.25, 0.3) is 0 Å². The van der Waals surface area contributed by atoms with Crippen molar-refractivity contribution in [2.45, 2.75) is 65.7 Å². The van der Waals surface area contributed by atoms with E-state index in [1.54, 1.807) is 0 Å². The standard InChI is InChI=1S/C15H24N2O/c1-15(2,3)10-9-13-16-12-8-6-4-5-7-11(12)14(18)17-13/h4-10H2,1-3H3,(H,16,17,18). The fraction of sp³-hybridized carbons (Fsp3) is 0.733. The second-order valence-electron chi connectivity index (χ2n) is 6.56. The molecule has 0 unspecified atom stereocenters. The zero-order valence-electron chi connectivity index (χ0n) is 11.8. The van der Waals surface area contributed by atoms with Crippen molar-refractivity contribution in [1.82, 2.24) is 9.97 Å². The largest absolute Gasteiger partial charge is 0.310 e. The van der Waals surface area contributed by atoms with Crippen LogP contribution < -0.4 is 5.56 Å². The van der Waals surface area contributed by atoms with Crippen LogP contribution in [0.5, 0.6) is 0 Å². The molecule has 3 heteroatoms. The quantitative estimate of drug-likeness (QED) is 0.818. The maximum atomic E-state index is 12.1. The minimum absolute atomic E-state index is 0.103. The molecule has 1 heterocycles. The summed E-state index contributed by atoms with van der Waals surface area (Å²) in [6.07, 6.45) is 7.30. The Morgan fingerprint density at radius 1 is 1.17 bits per heavy atom. The van der Waals surface area contributed by atoms with Gasteiger partial charge in [-0.1, -0.05) is 27.2 Å². The van der Waals surface area contributed by atoms with Crippen LogP contribution in [0.1, 0.15) is 63.5 Å². The van der Waals surface area contributed by atoms with Crippen LogP contribution in [0.15, 0.2) is 4.79 Å². The summed E-state index contributed by atoms with van der Waals surface area (Å²) in [6.45, 7) is 6.65. The molecule has 0 radical (unpaired) electrons. The molecule has 100 valence electrons. The third-order valence-corrected chi connectivity index (χ3v) is 3.60. The van der Waals surface area contributed by atoms with Crippen molar-refractivity contribution in [1.29, 1.82) is 0 Å². The van der Waals surface area contributed by atoms with Gasteiger partial charge in [0, 0.05) is 12.0 Å². The highest BCUT2D eigenvalue weighted by atomic mass is 16.1. The van der Waals surface area contributed by atoms with E-state index in [1.807, 2.05) is 0 Å². The molecule has 0 aliphatic heterocycles. The summed E-state index contributed by atoms with van der Waals surface area (Å²) in [7, 11) is 0. The highest BCUT2D eigenvalue weighted by Gasteiger charge is 2.16. The third kappa shape index (κ3) is 3.44. The van der Waals surface area contributed by atoms with E-state index in [4.69, 9.17) is 0 Å². The molecule has 18 heavy (non-hydrogen) atoms. The monoisotopic (exact) mass is 248 g/mol. The van der Waals surface area contributed by atoms with Crippen LogP contribution in [0.3, 0.4) is 0 Å². The lowest BCUT2D eigenvalue weighted by atomic mass is 9.90. The van der Waals surface area contributed by atoms with Gasteiger partial charge in [0.2, 0.25) is 0 Å². The molecule has 1 aromatic rings. The minimum atomic E-state index is 0.103. The number of rotatable bonds is 2. The van der Waals surface area contributed by atoms with E-state index >= 15 is 0 Å². The van der Waals surface area contributed by atoms with Gasteiger partial charge in [0.25, 0.3) is 5.56 Å². The Balaban J connectivity index is 2.21. The number of aromatic amines is 1. The molecule has 1 aromatic heterocycles. The smallest absolute Gasteiger partial charge is 0.254 e. The molecule has 1 aliphatic rings. The van der Waals surface area contributed by atoms with Crippen LogP contribution in [0.2, 0.25) is 0 Å². The van der Waals surface area contributed by atoms with Gasteiger partial charge in [-0.25, -0.2) is 4.98 Å². The molecular weight excluding hydrogens is 224 g/mol. The van der Waals surface area contributed by atoms with E-state index in [-0.39, 0.29) is 11.0 Å².